The zero-order chi connectivity index (χ0) is 15.2. The monoisotopic (exact) mass is 313 g/mol. The van der Waals surface area contributed by atoms with Crippen molar-refractivity contribution in [3.05, 3.63) is 24.2 Å². The third kappa shape index (κ3) is 3.75. The molecule has 1 saturated heterocycles. The van der Waals surface area contributed by atoms with Crippen molar-refractivity contribution in [3.63, 3.8) is 0 Å². The minimum atomic E-state index is -0.665. The van der Waals surface area contributed by atoms with E-state index >= 15 is 0 Å². The van der Waals surface area contributed by atoms with Crippen LogP contribution in [-0.4, -0.2) is 66.1 Å². The highest BCUT2D eigenvalue weighted by atomic mass is 35.5. The first-order valence-corrected chi connectivity index (χ1v) is 7.13. The summed E-state index contributed by atoms with van der Waals surface area (Å²) in [6.45, 7) is 1.63. The number of furan rings is 1. The number of carbonyl (C=O) groups is 3. The molecule has 1 aliphatic heterocycles. The van der Waals surface area contributed by atoms with Gasteiger partial charge in [-0.3, -0.25) is 14.4 Å². The molecule has 1 N–H and O–H groups in total. The molecule has 2 heterocycles. The molecular weight excluding hydrogens is 298 g/mol. The Labute approximate surface area is 126 Å². The summed E-state index contributed by atoms with van der Waals surface area (Å²) >= 11 is 5.45. The van der Waals surface area contributed by atoms with Crippen molar-refractivity contribution < 1.29 is 18.8 Å². The normalized spacial score (nSPS) is 14.9. The van der Waals surface area contributed by atoms with Gasteiger partial charge in [0.25, 0.3) is 5.91 Å². The summed E-state index contributed by atoms with van der Waals surface area (Å²) in [5, 5.41) is 2.43. The zero-order valence-corrected chi connectivity index (χ0v) is 12.1. The molecule has 1 fully saturated rings. The first-order chi connectivity index (χ1) is 10.1. The van der Waals surface area contributed by atoms with Crippen LogP contribution in [0.1, 0.15) is 10.6 Å². The average molecular weight is 314 g/mol. The zero-order valence-electron chi connectivity index (χ0n) is 11.4. The molecule has 0 radical (unpaired) electrons. The van der Waals surface area contributed by atoms with Crippen molar-refractivity contribution in [2.75, 3.05) is 38.6 Å². The second-order valence-corrected chi connectivity index (χ2v) is 4.88. The van der Waals surface area contributed by atoms with Gasteiger partial charge in [0, 0.05) is 38.6 Å². The molecular formula is C13H16ClN3O4. The van der Waals surface area contributed by atoms with Crippen LogP contribution in [-0.2, 0) is 9.59 Å². The number of alkyl halides is 1. The Balaban J connectivity index is 1.84. The van der Waals surface area contributed by atoms with Gasteiger partial charge in [0.1, 0.15) is 0 Å². The fraction of sp³-hybridized carbons (Fsp3) is 0.462. The maximum absolute atomic E-state index is 12.0. The van der Waals surface area contributed by atoms with Crippen molar-refractivity contribution in [2.24, 2.45) is 0 Å². The molecule has 8 heteroatoms. The first-order valence-electron chi connectivity index (χ1n) is 6.59. The molecule has 2 rings (SSSR count). The Morgan fingerprint density at radius 1 is 1.19 bits per heavy atom. The second kappa shape index (κ2) is 7.12. The third-order valence-electron chi connectivity index (χ3n) is 3.16. The number of halogens is 1. The highest BCUT2D eigenvalue weighted by Crippen LogP contribution is 2.09. The van der Waals surface area contributed by atoms with Crippen molar-refractivity contribution in [3.8, 4) is 0 Å². The molecule has 0 spiro atoms. The summed E-state index contributed by atoms with van der Waals surface area (Å²) in [7, 11) is 0. The predicted molar refractivity (Wildman–Crippen MR) is 74.9 cm³/mol. The number of nitrogens with one attached hydrogen (secondary N) is 1. The van der Waals surface area contributed by atoms with Gasteiger partial charge in [-0.15, -0.1) is 11.6 Å². The van der Waals surface area contributed by atoms with E-state index in [9.17, 15) is 14.4 Å². The number of amides is 3. The Hall–Kier alpha value is -2.02. The highest BCUT2D eigenvalue weighted by molar-refractivity contribution is 6.35. The van der Waals surface area contributed by atoms with Crippen LogP contribution in [0.25, 0.3) is 0 Å². The summed E-state index contributed by atoms with van der Waals surface area (Å²) in [5.41, 5.74) is 0. The van der Waals surface area contributed by atoms with Crippen LogP contribution >= 0.6 is 11.6 Å². The fourth-order valence-electron chi connectivity index (χ4n) is 2.05. The van der Waals surface area contributed by atoms with E-state index in [2.05, 4.69) is 5.32 Å². The summed E-state index contributed by atoms with van der Waals surface area (Å²) in [4.78, 5) is 38.5. The lowest BCUT2D eigenvalue weighted by Crippen LogP contribution is -2.53. The van der Waals surface area contributed by atoms with E-state index in [0.717, 1.165) is 0 Å². The molecule has 0 unspecified atom stereocenters. The molecule has 1 aromatic heterocycles. The maximum atomic E-state index is 12.0. The number of hydrogen-bond acceptors (Lipinski definition) is 4. The standard InChI is InChI=1S/C13H16ClN3O4/c14-3-4-15-11(18)13(20)17-7-5-16(6-8-17)12(19)10-2-1-9-21-10/h1-2,9H,3-8H2,(H,15,18). The Kier molecular flexibility index (Phi) is 5.21. The van der Waals surface area contributed by atoms with Crippen LogP contribution in [0, 0.1) is 0 Å². The SMILES string of the molecule is O=C(NCCCl)C(=O)N1CCN(C(=O)c2ccco2)CC1. The molecule has 0 atom stereocenters. The average Bonchev–Trinajstić information content (AvgIpc) is 3.05. The van der Waals surface area contributed by atoms with Crippen LogP contribution in [0.2, 0.25) is 0 Å². The summed E-state index contributed by atoms with van der Waals surface area (Å²) in [5.74, 6) is -0.940. The smallest absolute Gasteiger partial charge is 0.312 e. The van der Waals surface area contributed by atoms with Crippen LogP contribution in [0.5, 0.6) is 0 Å². The van der Waals surface area contributed by atoms with Crippen molar-refractivity contribution in [2.45, 2.75) is 0 Å². The fourth-order valence-corrected chi connectivity index (χ4v) is 2.14. The van der Waals surface area contributed by atoms with E-state index in [1.54, 1.807) is 17.0 Å². The molecule has 1 aliphatic rings. The summed E-state index contributed by atoms with van der Waals surface area (Å²) in [6.07, 6.45) is 1.44. The van der Waals surface area contributed by atoms with Crippen molar-refractivity contribution in [1.82, 2.24) is 15.1 Å². The molecule has 7 nitrogen and oxygen atoms in total. The molecule has 1 aromatic rings. The van der Waals surface area contributed by atoms with Gasteiger partial charge in [-0.25, -0.2) is 0 Å². The number of piperazine rings is 1. The largest absolute Gasteiger partial charge is 0.459 e. The van der Waals surface area contributed by atoms with E-state index in [0.29, 0.717) is 26.2 Å². The molecule has 21 heavy (non-hydrogen) atoms. The molecule has 0 aliphatic carbocycles. The number of hydrogen-bond donors (Lipinski definition) is 1. The lowest BCUT2D eigenvalue weighted by molar-refractivity contribution is -0.146. The van der Waals surface area contributed by atoms with Crippen molar-refractivity contribution >= 4 is 29.3 Å². The molecule has 0 saturated carbocycles. The van der Waals surface area contributed by atoms with Gasteiger partial charge >= 0.3 is 11.8 Å². The topological polar surface area (TPSA) is 82.9 Å². The van der Waals surface area contributed by atoms with E-state index in [1.807, 2.05) is 0 Å². The van der Waals surface area contributed by atoms with Gasteiger partial charge in [0.05, 0.1) is 6.26 Å². The van der Waals surface area contributed by atoms with Crippen LogP contribution in [0.15, 0.2) is 22.8 Å². The number of nitrogens with zero attached hydrogens (tertiary/aromatic N) is 2. The Morgan fingerprint density at radius 2 is 1.86 bits per heavy atom. The highest BCUT2D eigenvalue weighted by Gasteiger charge is 2.28. The van der Waals surface area contributed by atoms with E-state index in [4.69, 9.17) is 16.0 Å². The quantitative estimate of drug-likeness (QED) is 0.625. The second-order valence-electron chi connectivity index (χ2n) is 4.51. The van der Waals surface area contributed by atoms with Gasteiger partial charge in [0.15, 0.2) is 5.76 Å². The van der Waals surface area contributed by atoms with Crippen LogP contribution in [0.4, 0.5) is 0 Å². The molecule has 114 valence electrons. The minimum absolute atomic E-state index is 0.210. The predicted octanol–water partition coefficient (Wildman–Crippen LogP) is -0.0810. The summed E-state index contributed by atoms with van der Waals surface area (Å²) in [6, 6.07) is 3.24. The maximum Gasteiger partial charge on any atom is 0.312 e. The van der Waals surface area contributed by atoms with E-state index in [-0.39, 0.29) is 24.1 Å². The lowest BCUT2D eigenvalue weighted by Gasteiger charge is -2.33. The first kappa shape index (κ1) is 15.4. The van der Waals surface area contributed by atoms with Gasteiger partial charge in [-0.1, -0.05) is 0 Å². The minimum Gasteiger partial charge on any atom is -0.459 e. The Morgan fingerprint density at radius 3 is 2.43 bits per heavy atom. The van der Waals surface area contributed by atoms with E-state index < -0.39 is 11.8 Å². The molecule has 3 amide bonds. The molecule has 0 bridgehead atoms. The van der Waals surface area contributed by atoms with Gasteiger partial charge < -0.3 is 19.5 Å². The van der Waals surface area contributed by atoms with Crippen LogP contribution in [0.3, 0.4) is 0 Å². The summed E-state index contributed by atoms with van der Waals surface area (Å²) < 4.78 is 5.06. The van der Waals surface area contributed by atoms with Gasteiger partial charge in [0.2, 0.25) is 0 Å². The van der Waals surface area contributed by atoms with E-state index in [1.165, 1.54) is 11.2 Å². The molecule has 0 aromatic carbocycles. The third-order valence-corrected chi connectivity index (χ3v) is 3.35. The number of carbonyl (C=O) groups excluding carboxylic acids is 3. The number of rotatable bonds is 3. The lowest BCUT2D eigenvalue weighted by atomic mass is 10.2. The van der Waals surface area contributed by atoms with Gasteiger partial charge in [-0.05, 0) is 12.1 Å². The van der Waals surface area contributed by atoms with Crippen LogP contribution < -0.4 is 5.32 Å². The van der Waals surface area contributed by atoms with Gasteiger partial charge in [-0.2, -0.15) is 0 Å². The Bertz CT molecular complexity index is 509. The van der Waals surface area contributed by atoms with Crippen molar-refractivity contribution in [1.29, 1.82) is 0 Å².